The highest BCUT2D eigenvalue weighted by atomic mass is 127. The quantitative estimate of drug-likeness (QED) is 0.251. The van der Waals surface area contributed by atoms with Gasteiger partial charge >= 0.3 is 0 Å². The molecule has 0 radical (unpaired) electrons. The van der Waals surface area contributed by atoms with Gasteiger partial charge in [0.15, 0.2) is 5.96 Å². The van der Waals surface area contributed by atoms with Gasteiger partial charge in [-0.25, -0.2) is 4.99 Å². The van der Waals surface area contributed by atoms with Gasteiger partial charge in [0.1, 0.15) is 0 Å². The van der Waals surface area contributed by atoms with Gasteiger partial charge in [-0.15, -0.1) is 35.7 Å². The lowest BCUT2D eigenvalue weighted by molar-refractivity contribution is -0.130. The molecule has 1 aromatic rings. The summed E-state index contributed by atoms with van der Waals surface area (Å²) in [6.45, 7) is 12.7. The summed E-state index contributed by atoms with van der Waals surface area (Å²) >= 11 is 1.77. The second-order valence-electron chi connectivity index (χ2n) is 6.78. The number of aryl methyl sites for hydroxylation is 1. The van der Waals surface area contributed by atoms with Gasteiger partial charge < -0.3 is 15.5 Å². The van der Waals surface area contributed by atoms with Gasteiger partial charge in [0, 0.05) is 57.6 Å². The molecule has 0 saturated carbocycles. The number of hydrogen-bond acceptors (Lipinski definition) is 4. The van der Waals surface area contributed by atoms with Crippen molar-refractivity contribution < 1.29 is 4.79 Å². The minimum absolute atomic E-state index is 0. The summed E-state index contributed by atoms with van der Waals surface area (Å²) in [6, 6.07) is 6.53. The number of nitrogens with zero attached hydrogens (tertiary/aromatic N) is 3. The molecule has 1 aliphatic heterocycles. The molecule has 0 aliphatic carbocycles. The normalized spacial score (nSPS) is 15.1. The first-order chi connectivity index (χ1) is 13.0. The maximum absolute atomic E-state index is 11.4. The van der Waals surface area contributed by atoms with Crippen LogP contribution < -0.4 is 10.6 Å². The summed E-state index contributed by atoms with van der Waals surface area (Å²) < 4.78 is 0. The lowest BCUT2D eigenvalue weighted by Crippen LogP contribution is -2.50. The molecule has 2 rings (SSSR count). The van der Waals surface area contributed by atoms with Crippen LogP contribution in [0, 0.1) is 6.92 Å². The van der Waals surface area contributed by atoms with E-state index in [4.69, 9.17) is 4.99 Å². The van der Waals surface area contributed by atoms with Gasteiger partial charge in [0.05, 0.1) is 6.54 Å². The molecule has 0 unspecified atom stereocenters. The number of carbonyl (C=O) groups is 1. The molecule has 0 atom stereocenters. The second-order valence-corrected chi connectivity index (χ2v) is 7.63. The van der Waals surface area contributed by atoms with Crippen molar-refractivity contribution >= 4 is 47.6 Å². The fourth-order valence-electron chi connectivity index (χ4n) is 3.11. The lowest BCUT2D eigenvalue weighted by Gasteiger charge is -2.34. The third kappa shape index (κ3) is 8.16. The molecule has 1 fully saturated rings. The maximum Gasteiger partial charge on any atom is 0.219 e. The van der Waals surface area contributed by atoms with Gasteiger partial charge in [-0.3, -0.25) is 9.69 Å². The first-order valence-corrected chi connectivity index (χ1v) is 10.9. The number of hydrogen-bond donors (Lipinski definition) is 2. The molecule has 6 nitrogen and oxygen atoms in total. The van der Waals surface area contributed by atoms with Crippen LogP contribution in [0.3, 0.4) is 0 Å². The number of carbonyl (C=O) groups excluding carboxylic acids is 1. The molecular formula is C20H34IN5OS. The van der Waals surface area contributed by atoms with Crippen molar-refractivity contribution in [1.82, 2.24) is 20.4 Å². The van der Waals surface area contributed by atoms with Crippen LogP contribution in [0.4, 0.5) is 0 Å². The predicted octanol–water partition coefficient (Wildman–Crippen LogP) is 2.55. The van der Waals surface area contributed by atoms with E-state index in [0.29, 0.717) is 6.54 Å². The summed E-state index contributed by atoms with van der Waals surface area (Å²) in [7, 11) is 0. The number of nitrogens with one attached hydrogen (secondary N) is 2. The van der Waals surface area contributed by atoms with E-state index in [2.05, 4.69) is 53.8 Å². The standard InChI is InChI=1S/C20H33N5OS.HI/c1-5-21-20(23-15-18-7-6-16(2)14-19(18)27-4)22-8-9-24-10-12-25(13-11-24)17(3)26;/h6-7,14H,5,8-13,15H2,1-4H3,(H2,21,22,23);1H. The highest BCUT2D eigenvalue weighted by Gasteiger charge is 2.17. The smallest absolute Gasteiger partial charge is 0.219 e. The predicted molar refractivity (Wildman–Crippen MR) is 130 cm³/mol. The second kappa shape index (κ2) is 13.3. The lowest BCUT2D eigenvalue weighted by atomic mass is 10.1. The summed E-state index contributed by atoms with van der Waals surface area (Å²) in [4.78, 5) is 21.8. The number of piperazine rings is 1. The number of guanidine groups is 1. The molecule has 8 heteroatoms. The highest BCUT2D eigenvalue weighted by molar-refractivity contribution is 14.0. The molecule has 0 bridgehead atoms. The maximum atomic E-state index is 11.4. The number of benzene rings is 1. The Morgan fingerprint density at radius 1 is 1.21 bits per heavy atom. The van der Waals surface area contributed by atoms with Crippen LogP contribution in [-0.2, 0) is 11.3 Å². The molecule has 1 saturated heterocycles. The van der Waals surface area contributed by atoms with E-state index in [1.165, 1.54) is 16.0 Å². The average Bonchev–Trinajstić information content (AvgIpc) is 2.67. The van der Waals surface area contributed by atoms with Crippen LogP contribution in [0.5, 0.6) is 0 Å². The monoisotopic (exact) mass is 519 g/mol. The largest absolute Gasteiger partial charge is 0.357 e. The zero-order valence-electron chi connectivity index (χ0n) is 17.5. The van der Waals surface area contributed by atoms with E-state index in [1.54, 1.807) is 18.7 Å². The Bertz CT molecular complexity index is 647. The van der Waals surface area contributed by atoms with E-state index in [9.17, 15) is 4.79 Å². The summed E-state index contributed by atoms with van der Waals surface area (Å²) in [5.74, 6) is 1.03. The Kier molecular flexibility index (Phi) is 11.9. The topological polar surface area (TPSA) is 60.0 Å². The molecule has 158 valence electrons. The Balaban J connectivity index is 0.00000392. The Morgan fingerprint density at radius 3 is 2.54 bits per heavy atom. The zero-order chi connectivity index (χ0) is 19.6. The number of thioether (sulfide) groups is 1. The van der Waals surface area contributed by atoms with E-state index in [1.807, 2.05) is 4.90 Å². The molecule has 1 aromatic carbocycles. The average molecular weight is 519 g/mol. The van der Waals surface area contributed by atoms with Crippen molar-refractivity contribution in [2.75, 3.05) is 52.1 Å². The number of aliphatic imine (C=N–C) groups is 1. The first-order valence-electron chi connectivity index (χ1n) is 9.67. The number of rotatable bonds is 7. The Labute approximate surface area is 190 Å². The van der Waals surface area contributed by atoms with Crippen LogP contribution in [0.1, 0.15) is 25.0 Å². The van der Waals surface area contributed by atoms with Gasteiger partial charge in [-0.05, 0) is 37.3 Å². The highest BCUT2D eigenvalue weighted by Crippen LogP contribution is 2.22. The fraction of sp³-hybridized carbons (Fsp3) is 0.600. The number of halogens is 1. The SMILES string of the molecule is CCNC(=NCc1ccc(C)cc1SC)NCCN1CCN(C(C)=O)CC1.I. The molecule has 1 aliphatic rings. The molecular weight excluding hydrogens is 485 g/mol. The van der Waals surface area contributed by atoms with E-state index >= 15 is 0 Å². The van der Waals surface area contributed by atoms with Crippen LogP contribution in [0.25, 0.3) is 0 Å². The number of amides is 1. The van der Waals surface area contributed by atoms with Crippen LogP contribution in [0.2, 0.25) is 0 Å². The van der Waals surface area contributed by atoms with Crippen molar-refractivity contribution in [3.05, 3.63) is 29.3 Å². The molecule has 0 aromatic heterocycles. The van der Waals surface area contributed by atoms with Crippen molar-refractivity contribution in [2.45, 2.75) is 32.2 Å². The Hall–Kier alpha value is -1.00. The van der Waals surface area contributed by atoms with E-state index < -0.39 is 0 Å². The van der Waals surface area contributed by atoms with E-state index in [0.717, 1.165) is 51.8 Å². The Morgan fingerprint density at radius 2 is 1.93 bits per heavy atom. The summed E-state index contributed by atoms with van der Waals surface area (Å²) in [5.41, 5.74) is 2.53. The molecule has 1 heterocycles. The van der Waals surface area contributed by atoms with Gasteiger partial charge in [0.25, 0.3) is 0 Å². The zero-order valence-corrected chi connectivity index (χ0v) is 20.6. The van der Waals surface area contributed by atoms with Crippen LogP contribution in [-0.4, -0.2) is 73.7 Å². The third-order valence-electron chi connectivity index (χ3n) is 4.73. The van der Waals surface area contributed by atoms with Crippen molar-refractivity contribution in [1.29, 1.82) is 0 Å². The van der Waals surface area contributed by atoms with Gasteiger partial charge in [0.2, 0.25) is 5.91 Å². The third-order valence-corrected chi connectivity index (χ3v) is 5.55. The molecule has 1 amide bonds. The van der Waals surface area contributed by atoms with Crippen LogP contribution >= 0.6 is 35.7 Å². The minimum atomic E-state index is 0. The van der Waals surface area contributed by atoms with Crippen molar-refractivity contribution in [3.63, 3.8) is 0 Å². The molecule has 2 N–H and O–H groups in total. The first kappa shape index (κ1) is 25.0. The summed E-state index contributed by atoms with van der Waals surface area (Å²) in [6.07, 6.45) is 2.11. The molecule has 28 heavy (non-hydrogen) atoms. The fourth-order valence-corrected chi connectivity index (χ4v) is 3.81. The van der Waals surface area contributed by atoms with Crippen molar-refractivity contribution in [2.24, 2.45) is 4.99 Å². The summed E-state index contributed by atoms with van der Waals surface area (Å²) in [5, 5.41) is 6.75. The van der Waals surface area contributed by atoms with Gasteiger partial charge in [-0.2, -0.15) is 0 Å². The minimum Gasteiger partial charge on any atom is -0.357 e. The van der Waals surface area contributed by atoms with Gasteiger partial charge in [-0.1, -0.05) is 12.1 Å². The van der Waals surface area contributed by atoms with Crippen molar-refractivity contribution in [3.8, 4) is 0 Å². The van der Waals surface area contributed by atoms with Crippen LogP contribution in [0.15, 0.2) is 28.1 Å². The molecule has 0 spiro atoms. The van der Waals surface area contributed by atoms with E-state index in [-0.39, 0.29) is 29.9 Å².